The summed E-state index contributed by atoms with van der Waals surface area (Å²) >= 11 is 0. The van der Waals surface area contributed by atoms with Crippen LogP contribution in [0.25, 0.3) is 46.4 Å². The Morgan fingerprint density at radius 2 is 1.08 bits per heavy atom. The fraction of sp³-hybridized carbons (Fsp3) is 0. The molecule has 0 fully saturated rings. The van der Waals surface area contributed by atoms with Crippen molar-refractivity contribution in [3.8, 4) is 0 Å². The molecule has 4 nitrogen and oxygen atoms in total. The molecule has 5 heterocycles. The first kappa shape index (κ1) is 14.7. The second-order valence-electron chi connectivity index (χ2n) is 5.82. The fourth-order valence-corrected chi connectivity index (χ4v) is 2.87. The largest absolute Gasteiger partial charge is 0.355 e. The number of nitrogens with zero attached hydrogens (tertiary/aromatic N) is 2. The van der Waals surface area contributed by atoms with E-state index in [4.69, 9.17) is 1.37 Å². The van der Waals surface area contributed by atoms with Crippen LogP contribution in [0.2, 0.25) is 0 Å². The van der Waals surface area contributed by atoms with Gasteiger partial charge in [-0.2, -0.15) is 0 Å². The molecule has 2 aliphatic heterocycles. The SMILES string of the molecule is [2H]c1cc2cc3nc(cc4nc(cc5ccc(cc1[nH]2)[nH]5)C=C4)C=C3.[Au]. The van der Waals surface area contributed by atoms with Crippen LogP contribution in [0.1, 0.15) is 24.1 Å². The van der Waals surface area contributed by atoms with Gasteiger partial charge >= 0.3 is 0 Å². The Labute approximate surface area is 161 Å². The van der Waals surface area contributed by atoms with Gasteiger partial charge in [0.05, 0.1) is 24.1 Å². The van der Waals surface area contributed by atoms with E-state index in [1.807, 2.05) is 66.8 Å². The quantitative estimate of drug-likeness (QED) is 0.299. The smallest absolute Gasteiger partial charge is 0.0659 e. The Kier molecular flexibility index (Phi) is 3.71. The number of aromatic nitrogens is 4. The van der Waals surface area contributed by atoms with Crippen LogP contribution in [0.5, 0.6) is 0 Å². The van der Waals surface area contributed by atoms with Gasteiger partial charge in [-0.05, 0) is 72.8 Å². The zero-order valence-electron chi connectivity index (χ0n) is 14.0. The van der Waals surface area contributed by atoms with Gasteiger partial charge in [0.25, 0.3) is 0 Å². The predicted molar refractivity (Wildman–Crippen MR) is 98.9 cm³/mol. The van der Waals surface area contributed by atoms with Crippen molar-refractivity contribution in [1.82, 2.24) is 19.9 Å². The van der Waals surface area contributed by atoms with Gasteiger partial charge in [-0.1, -0.05) is 0 Å². The van der Waals surface area contributed by atoms with E-state index in [1.54, 1.807) is 0 Å². The van der Waals surface area contributed by atoms with E-state index in [1.165, 1.54) is 0 Å². The van der Waals surface area contributed by atoms with Crippen molar-refractivity contribution in [1.29, 1.82) is 0 Å². The van der Waals surface area contributed by atoms with E-state index in [2.05, 4.69) is 19.9 Å². The molecule has 1 radical (unpaired) electrons. The van der Waals surface area contributed by atoms with E-state index >= 15 is 0 Å². The second-order valence-corrected chi connectivity index (χ2v) is 5.82. The molecule has 0 saturated heterocycles. The number of nitrogens with one attached hydrogen (secondary N) is 2. The molecular weight excluding hydrogens is 493 g/mol. The first-order valence-corrected chi connectivity index (χ1v) is 7.76. The van der Waals surface area contributed by atoms with Crippen molar-refractivity contribution in [2.75, 3.05) is 0 Å². The summed E-state index contributed by atoms with van der Waals surface area (Å²) in [5.74, 6) is 0. The molecular formula is C20H14AuN4. The normalized spacial score (nSPS) is 12.7. The average molecular weight is 508 g/mol. The van der Waals surface area contributed by atoms with Gasteiger partial charge in [0, 0.05) is 44.4 Å². The van der Waals surface area contributed by atoms with Crippen LogP contribution in [0.4, 0.5) is 0 Å². The van der Waals surface area contributed by atoms with Crippen LogP contribution in [0, 0.1) is 0 Å². The van der Waals surface area contributed by atoms with Crippen LogP contribution in [0.3, 0.4) is 0 Å². The summed E-state index contributed by atoms with van der Waals surface area (Å²) in [5, 5.41) is 0. The molecule has 0 aliphatic carbocycles. The van der Waals surface area contributed by atoms with Gasteiger partial charge in [0.1, 0.15) is 0 Å². The molecule has 0 amide bonds. The molecule has 2 aliphatic rings. The molecule has 0 aromatic carbocycles. The van der Waals surface area contributed by atoms with Crippen molar-refractivity contribution in [2.24, 2.45) is 0 Å². The third kappa shape index (κ3) is 3.28. The van der Waals surface area contributed by atoms with Gasteiger partial charge in [0.15, 0.2) is 0 Å². The molecule has 5 rings (SSSR count). The van der Waals surface area contributed by atoms with Crippen LogP contribution in [0.15, 0.2) is 48.5 Å². The molecule has 0 atom stereocenters. The third-order valence-corrected chi connectivity index (χ3v) is 3.96. The summed E-state index contributed by atoms with van der Waals surface area (Å²) in [6, 6.07) is 14.1. The number of rotatable bonds is 0. The Morgan fingerprint density at radius 1 is 0.600 bits per heavy atom. The number of fused-ring (bicyclic) bond motifs is 8. The fourth-order valence-electron chi connectivity index (χ4n) is 2.87. The number of H-pyrrole nitrogens is 2. The third-order valence-electron chi connectivity index (χ3n) is 3.96. The molecule has 5 heteroatoms. The predicted octanol–water partition coefficient (Wildman–Crippen LogP) is 4.65. The van der Waals surface area contributed by atoms with Gasteiger partial charge < -0.3 is 9.97 Å². The van der Waals surface area contributed by atoms with Crippen LogP contribution < -0.4 is 0 Å². The van der Waals surface area contributed by atoms with Gasteiger partial charge in [-0.25, -0.2) is 9.97 Å². The molecule has 25 heavy (non-hydrogen) atoms. The molecule has 8 bridgehead atoms. The molecule has 125 valence electrons. The topological polar surface area (TPSA) is 57.4 Å². The summed E-state index contributed by atoms with van der Waals surface area (Å²) in [6.07, 6.45) is 7.91. The van der Waals surface area contributed by atoms with E-state index in [0.29, 0.717) is 6.04 Å². The standard InChI is InChI=1S/C20H14N4.Au/c1-2-14-10-16-5-6-18(23-16)12-20-8-7-19(24-20)11-17-4-3-15(22-17)9-13(1)21-14;/h1-12,21-22H;/i1D;. The molecule has 3 aromatic heterocycles. The molecule has 0 unspecified atom stereocenters. The zero-order valence-corrected chi connectivity index (χ0v) is 15.2. The van der Waals surface area contributed by atoms with Crippen molar-refractivity contribution in [2.45, 2.75) is 0 Å². The van der Waals surface area contributed by atoms with E-state index in [9.17, 15) is 0 Å². The minimum Gasteiger partial charge on any atom is -0.355 e. The Balaban J connectivity index is 0.00000168. The average Bonchev–Trinajstić information content (AvgIpc) is 3.33. The van der Waals surface area contributed by atoms with Crippen molar-refractivity contribution < 1.29 is 23.8 Å². The van der Waals surface area contributed by atoms with Gasteiger partial charge in [-0.15, -0.1) is 0 Å². The zero-order chi connectivity index (χ0) is 16.8. The Morgan fingerprint density at radius 3 is 1.72 bits per heavy atom. The van der Waals surface area contributed by atoms with Crippen LogP contribution in [-0.2, 0) is 22.4 Å². The minimum atomic E-state index is 0. The minimum absolute atomic E-state index is 0. The van der Waals surface area contributed by atoms with Crippen LogP contribution >= 0.6 is 0 Å². The summed E-state index contributed by atoms with van der Waals surface area (Å²) in [7, 11) is 0. The number of hydrogen-bond donors (Lipinski definition) is 2. The van der Waals surface area contributed by atoms with Gasteiger partial charge in [-0.3, -0.25) is 0 Å². The molecule has 3 aromatic rings. The second kappa shape index (κ2) is 6.33. The maximum atomic E-state index is 8.15. The molecule has 0 saturated carbocycles. The maximum absolute atomic E-state index is 8.15. The van der Waals surface area contributed by atoms with Gasteiger partial charge in [0.2, 0.25) is 0 Å². The van der Waals surface area contributed by atoms with E-state index in [0.717, 1.165) is 44.8 Å². The monoisotopic (exact) mass is 508 g/mol. The first-order valence-electron chi connectivity index (χ1n) is 8.26. The van der Waals surface area contributed by atoms with Crippen molar-refractivity contribution in [3.63, 3.8) is 0 Å². The molecule has 0 spiro atoms. The van der Waals surface area contributed by atoms with Crippen molar-refractivity contribution in [3.05, 3.63) is 71.3 Å². The summed E-state index contributed by atoms with van der Waals surface area (Å²) in [5.41, 5.74) is 7.04. The molecule has 2 N–H and O–H groups in total. The maximum Gasteiger partial charge on any atom is 0.0659 e. The first-order chi connectivity index (χ1) is 12.2. The van der Waals surface area contributed by atoms with Crippen molar-refractivity contribution >= 4 is 46.4 Å². The van der Waals surface area contributed by atoms with E-state index in [-0.39, 0.29) is 22.4 Å². The van der Waals surface area contributed by atoms with Crippen LogP contribution in [-0.4, -0.2) is 19.9 Å². The summed E-state index contributed by atoms with van der Waals surface area (Å²) in [6.45, 7) is 0. The number of hydrogen-bond acceptors (Lipinski definition) is 2. The Bertz CT molecular complexity index is 1220. The summed E-state index contributed by atoms with van der Waals surface area (Å²) < 4.78 is 8.15. The summed E-state index contributed by atoms with van der Waals surface area (Å²) in [4.78, 5) is 15.8. The Hall–Kier alpha value is -2.66. The number of aromatic amines is 2. The van der Waals surface area contributed by atoms with E-state index < -0.39 is 0 Å².